The van der Waals surface area contributed by atoms with Gasteiger partial charge >= 0.3 is 5.97 Å². The lowest BCUT2D eigenvalue weighted by Crippen LogP contribution is -2.28. The van der Waals surface area contributed by atoms with Gasteiger partial charge in [0.2, 0.25) is 0 Å². The Balaban J connectivity index is 2.76. The number of hydrogen-bond acceptors (Lipinski definition) is 5. The van der Waals surface area contributed by atoms with Gasteiger partial charge in [-0.05, 0) is 39.0 Å². The molecule has 0 atom stereocenters. The van der Waals surface area contributed by atoms with Gasteiger partial charge in [-0.25, -0.2) is 0 Å². The first-order valence-corrected chi connectivity index (χ1v) is 7.13. The molecule has 0 amide bonds. The highest BCUT2D eigenvalue weighted by molar-refractivity contribution is 7.99. The topological polar surface area (TPSA) is 61.5 Å². The van der Waals surface area contributed by atoms with E-state index >= 15 is 0 Å². The summed E-state index contributed by atoms with van der Waals surface area (Å²) in [5.74, 6) is 1.16. The van der Waals surface area contributed by atoms with Crippen LogP contribution in [0.3, 0.4) is 0 Å². The molecule has 0 bridgehead atoms. The van der Waals surface area contributed by atoms with Crippen molar-refractivity contribution in [2.45, 2.75) is 25.7 Å². The second kappa shape index (κ2) is 6.70. The highest BCUT2D eigenvalue weighted by Crippen LogP contribution is 2.34. The number of carbonyl (C=O) groups excluding carboxylic acids is 1. The number of nitrogen functional groups attached to an aromatic ring is 1. The zero-order valence-electron chi connectivity index (χ0n) is 11.9. The Hall–Kier alpha value is -1.36. The smallest absolute Gasteiger partial charge is 0.312 e. The van der Waals surface area contributed by atoms with Gasteiger partial charge in [0.05, 0.1) is 19.1 Å². The Kier molecular flexibility index (Phi) is 5.54. The fourth-order valence-electron chi connectivity index (χ4n) is 1.49. The van der Waals surface area contributed by atoms with E-state index in [2.05, 4.69) is 0 Å². The Labute approximate surface area is 118 Å². The van der Waals surface area contributed by atoms with Crippen LogP contribution in [-0.2, 0) is 9.53 Å². The zero-order valence-corrected chi connectivity index (χ0v) is 12.7. The number of ether oxygens (including phenoxy) is 2. The molecule has 19 heavy (non-hydrogen) atoms. The predicted molar refractivity (Wildman–Crippen MR) is 78.5 cm³/mol. The average Bonchev–Trinajstić information content (AvgIpc) is 2.38. The number of nitrogens with two attached hydrogens (primary N) is 1. The number of hydrogen-bond donors (Lipinski definition) is 1. The quantitative estimate of drug-likeness (QED) is 0.494. The van der Waals surface area contributed by atoms with Gasteiger partial charge in [-0.15, -0.1) is 11.8 Å². The number of carbonyl (C=O) groups is 1. The van der Waals surface area contributed by atoms with Gasteiger partial charge in [0.25, 0.3) is 0 Å². The maximum absolute atomic E-state index is 11.6. The van der Waals surface area contributed by atoms with Gasteiger partial charge in [-0.3, -0.25) is 4.79 Å². The number of rotatable bonds is 6. The van der Waals surface area contributed by atoms with Crippen molar-refractivity contribution >= 4 is 23.4 Å². The minimum absolute atomic E-state index is 0.223. The van der Waals surface area contributed by atoms with Crippen molar-refractivity contribution in [3.8, 4) is 5.75 Å². The molecule has 0 aliphatic carbocycles. The Bertz CT molecular complexity index is 446. The molecule has 106 valence electrons. The second-order valence-corrected chi connectivity index (χ2v) is 5.81. The summed E-state index contributed by atoms with van der Waals surface area (Å²) in [4.78, 5) is 12.5. The van der Waals surface area contributed by atoms with Crippen LogP contribution in [0.4, 0.5) is 5.69 Å². The second-order valence-electron chi connectivity index (χ2n) is 4.80. The van der Waals surface area contributed by atoms with E-state index in [1.165, 1.54) is 18.9 Å². The summed E-state index contributed by atoms with van der Waals surface area (Å²) in [6.45, 7) is 6.26. The van der Waals surface area contributed by atoms with Crippen LogP contribution in [0.2, 0.25) is 0 Å². The first-order chi connectivity index (χ1) is 8.90. The monoisotopic (exact) mass is 283 g/mol. The third-order valence-electron chi connectivity index (χ3n) is 2.62. The summed E-state index contributed by atoms with van der Waals surface area (Å²) in [5.41, 5.74) is 6.07. The SMILES string of the molecule is CCOc1ccc(N)c(SCC(C)(C)C(=O)OC)c1. The highest BCUT2D eigenvalue weighted by Gasteiger charge is 2.29. The third kappa shape index (κ3) is 4.35. The van der Waals surface area contributed by atoms with Gasteiger partial charge in [0, 0.05) is 16.3 Å². The van der Waals surface area contributed by atoms with E-state index in [9.17, 15) is 4.79 Å². The minimum Gasteiger partial charge on any atom is -0.494 e. The summed E-state index contributed by atoms with van der Waals surface area (Å²) in [7, 11) is 1.40. The van der Waals surface area contributed by atoms with Gasteiger partial charge in [0.15, 0.2) is 0 Å². The number of benzene rings is 1. The summed E-state index contributed by atoms with van der Waals surface area (Å²) in [6.07, 6.45) is 0. The molecule has 0 aliphatic heterocycles. The summed E-state index contributed by atoms with van der Waals surface area (Å²) in [6, 6.07) is 5.56. The lowest BCUT2D eigenvalue weighted by molar-refractivity contribution is -0.149. The van der Waals surface area contributed by atoms with Crippen molar-refractivity contribution in [1.29, 1.82) is 0 Å². The lowest BCUT2D eigenvalue weighted by atomic mass is 9.97. The first-order valence-electron chi connectivity index (χ1n) is 6.14. The first kappa shape index (κ1) is 15.7. The molecule has 0 saturated carbocycles. The van der Waals surface area contributed by atoms with Crippen LogP contribution < -0.4 is 10.5 Å². The molecular weight excluding hydrogens is 262 g/mol. The molecule has 0 unspecified atom stereocenters. The van der Waals surface area contributed by atoms with Crippen molar-refractivity contribution in [3.63, 3.8) is 0 Å². The molecule has 0 saturated heterocycles. The molecule has 0 spiro atoms. The van der Waals surface area contributed by atoms with Crippen molar-refractivity contribution in [2.75, 3.05) is 25.2 Å². The van der Waals surface area contributed by atoms with E-state index in [4.69, 9.17) is 15.2 Å². The molecule has 0 heterocycles. The molecule has 5 heteroatoms. The normalized spacial score (nSPS) is 11.2. The van der Waals surface area contributed by atoms with Crippen LogP contribution in [0.25, 0.3) is 0 Å². The van der Waals surface area contributed by atoms with Gasteiger partial charge in [-0.2, -0.15) is 0 Å². The van der Waals surface area contributed by atoms with E-state index in [0.29, 0.717) is 18.0 Å². The van der Waals surface area contributed by atoms with Crippen LogP contribution in [0.5, 0.6) is 5.75 Å². The van der Waals surface area contributed by atoms with Crippen LogP contribution in [0, 0.1) is 5.41 Å². The van der Waals surface area contributed by atoms with Crippen molar-refractivity contribution in [1.82, 2.24) is 0 Å². The fourth-order valence-corrected chi connectivity index (χ4v) is 2.56. The van der Waals surface area contributed by atoms with Crippen molar-refractivity contribution in [3.05, 3.63) is 18.2 Å². The molecule has 1 aromatic carbocycles. The Morgan fingerprint density at radius 1 is 1.42 bits per heavy atom. The van der Waals surface area contributed by atoms with Crippen molar-refractivity contribution < 1.29 is 14.3 Å². The molecule has 0 aromatic heterocycles. The molecule has 4 nitrogen and oxygen atoms in total. The van der Waals surface area contributed by atoms with Crippen LogP contribution in [0.1, 0.15) is 20.8 Å². The highest BCUT2D eigenvalue weighted by atomic mass is 32.2. The summed E-state index contributed by atoms with van der Waals surface area (Å²) in [5, 5.41) is 0. The largest absolute Gasteiger partial charge is 0.494 e. The maximum atomic E-state index is 11.6. The van der Waals surface area contributed by atoms with Gasteiger partial charge < -0.3 is 15.2 Å². The van der Waals surface area contributed by atoms with E-state index < -0.39 is 5.41 Å². The predicted octanol–water partition coefficient (Wildman–Crippen LogP) is 2.96. The Morgan fingerprint density at radius 3 is 2.68 bits per heavy atom. The number of methoxy groups -OCH3 is 1. The molecule has 1 rings (SSSR count). The number of anilines is 1. The standard InChI is InChI=1S/C14H21NO3S/c1-5-18-10-6-7-11(15)12(8-10)19-9-14(2,3)13(16)17-4/h6-8H,5,9,15H2,1-4H3. The van der Waals surface area contributed by atoms with E-state index in [-0.39, 0.29) is 5.97 Å². The summed E-state index contributed by atoms with van der Waals surface area (Å²) >= 11 is 1.53. The van der Waals surface area contributed by atoms with Crippen LogP contribution in [-0.4, -0.2) is 25.4 Å². The minimum atomic E-state index is -0.548. The molecule has 1 aromatic rings. The fraction of sp³-hybridized carbons (Fsp3) is 0.500. The van der Waals surface area contributed by atoms with Gasteiger partial charge in [-0.1, -0.05) is 0 Å². The molecule has 2 N–H and O–H groups in total. The van der Waals surface area contributed by atoms with E-state index in [1.807, 2.05) is 39.0 Å². The third-order valence-corrected chi connectivity index (χ3v) is 4.15. The van der Waals surface area contributed by atoms with Crippen LogP contribution in [0.15, 0.2) is 23.1 Å². The number of thioether (sulfide) groups is 1. The molecular formula is C14H21NO3S. The van der Waals surface area contributed by atoms with Crippen LogP contribution >= 0.6 is 11.8 Å². The average molecular weight is 283 g/mol. The number of esters is 1. The zero-order chi connectivity index (χ0) is 14.5. The molecule has 0 aliphatic rings. The maximum Gasteiger partial charge on any atom is 0.312 e. The van der Waals surface area contributed by atoms with E-state index in [0.717, 1.165) is 10.6 Å². The molecule has 0 fully saturated rings. The van der Waals surface area contributed by atoms with Gasteiger partial charge in [0.1, 0.15) is 5.75 Å². The summed E-state index contributed by atoms with van der Waals surface area (Å²) < 4.78 is 10.2. The van der Waals surface area contributed by atoms with E-state index in [1.54, 1.807) is 0 Å². The van der Waals surface area contributed by atoms with Crippen molar-refractivity contribution in [2.24, 2.45) is 5.41 Å². The Morgan fingerprint density at radius 2 is 2.11 bits per heavy atom. The molecule has 0 radical (unpaired) electrons. The lowest BCUT2D eigenvalue weighted by Gasteiger charge is -2.21.